The van der Waals surface area contributed by atoms with Crippen LogP contribution in [-0.2, 0) is 14.4 Å². The van der Waals surface area contributed by atoms with Crippen molar-refractivity contribution in [1.29, 1.82) is 0 Å². The lowest BCUT2D eigenvalue weighted by Crippen LogP contribution is -2.59. The fraction of sp³-hybridized carbons (Fsp3) is 0.102. The summed E-state index contributed by atoms with van der Waals surface area (Å²) in [6, 6.07) is 76.9. The van der Waals surface area contributed by atoms with Crippen LogP contribution in [0.1, 0.15) is 55.5 Å². The van der Waals surface area contributed by atoms with Crippen LogP contribution in [0.2, 0.25) is 0 Å². The number of likely N-dealkylation sites (tertiary alicyclic amines) is 2. The molecule has 0 spiro atoms. The van der Waals surface area contributed by atoms with Crippen LogP contribution < -0.4 is 5.32 Å². The van der Waals surface area contributed by atoms with E-state index >= 15 is 0 Å². The van der Waals surface area contributed by atoms with Crippen LogP contribution in [0.5, 0.6) is 0 Å². The Bertz CT molecular complexity index is 2860. The van der Waals surface area contributed by atoms with Crippen LogP contribution in [0.4, 0.5) is 0 Å². The Labute approximate surface area is 420 Å². The van der Waals surface area contributed by atoms with Crippen molar-refractivity contribution < 1.29 is 24.0 Å². The third-order valence-electron chi connectivity index (χ3n) is 11.9. The highest BCUT2D eigenvalue weighted by atomic mass is 32.2. The van der Waals surface area contributed by atoms with Crippen molar-refractivity contribution in [2.75, 3.05) is 0 Å². The van der Waals surface area contributed by atoms with Gasteiger partial charge in [-0.3, -0.25) is 33.8 Å². The van der Waals surface area contributed by atoms with Gasteiger partial charge in [0, 0.05) is 25.8 Å². The minimum absolute atomic E-state index is 0.0187. The standard InChI is InChI=1S/2C22H17NO2S.C15H13NOS/c2*24-21(17-12-6-2-7-13-17)23-19(16-10-4-1-5-11-16)20(22(23)25)26-18-14-8-3-9-15-18;17-15-14(18-12-9-5-2-6-10-12)13(16-15)11-7-3-1-4-8-11/h2*1-15,19-20H;1-10,13-14H,(H,16,17)/t19-,20+;19-,20-;13-,14-/m000/s1. The smallest absolute Gasteiger partial charge is 0.261 e. The Morgan fingerprint density at radius 1 is 0.343 bits per heavy atom. The average molecular weight is 974 g/mol. The van der Waals surface area contributed by atoms with E-state index in [1.807, 2.05) is 206 Å². The number of hydrogen-bond acceptors (Lipinski definition) is 8. The summed E-state index contributed by atoms with van der Waals surface area (Å²) in [7, 11) is 0. The minimum atomic E-state index is -0.299. The van der Waals surface area contributed by atoms with Gasteiger partial charge in [0.1, 0.15) is 15.7 Å². The van der Waals surface area contributed by atoms with Crippen LogP contribution >= 0.6 is 35.3 Å². The van der Waals surface area contributed by atoms with Crippen molar-refractivity contribution in [3.63, 3.8) is 0 Å². The van der Waals surface area contributed by atoms with E-state index in [4.69, 9.17) is 0 Å². The summed E-state index contributed by atoms with van der Waals surface area (Å²) in [5.74, 6) is -0.635. The summed E-state index contributed by atoms with van der Waals surface area (Å²) in [6.07, 6.45) is 0. The predicted octanol–water partition coefficient (Wildman–Crippen LogP) is 12.2. The highest BCUT2D eigenvalue weighted by Gasteiger charge is 2.53. The van der Waals surface area contributed by atoms with E-state index in [-0.39, 0.29) is 63.4 Å². The van der Waals surface area contributed by atoms with Crippen molar-refractivity contribution in [3.8, 4) is 0 Å². The van der Waals surface area contributed by atoms with E-state index in [0.717, 1.165) is 25.8 Å². The van der Waals surface area contributed by atoms with Crippen molar-refractivity contribution in [3.05, 3.63) is 270 Å². The number of rotatable bonds is 11. The van der Waals surface area contributed by atoms with Crippen LogP contribution in [0, 0.1) is 0 Å². The average Bonchev–Trinajstić information content (AvgIpc) is 3.43. The van der Waals surface area contributed by atoms with Crippen LogP contribution in [0.25, 0.3) is 0 Å². The molecule has 0 unspecified atom stereocenters. The van der Waals surface area contributed by atoms with Crippen LogP contribution in [0.3, 0.4) is 0 Å². The molecule has 3 heterocycles. The molecule has 8 aromatic rings. The molecular formula is C59H47N3O5S3. The Balaban J connectivity index is 0.000000133. The first-order valence-corrected chi connectivity index (χ1v) is 25.4. The summed E-state index contributed by atoms with van der Waals surface area (Å²) in [5.41, 5.74) is 4.19. The van der Waals surface area contributed by atoms with Gasteiger partial charge in [-0.25, -0.2) is 0 Å². The Kier molecular flexibility index (Phi) is 15.5. The van der Waals surface area contributed by atoms with Gasteiger partial charge in [0.15, 0.2) is 0 Å². The molecule has 1 N–H and O–H groups in total. The van der Waals surface area contributed by atoms with Gasteiger partial charge in [0.2, 0.25) is 17.7 Å². The van der Waals surface area contributed by atoms with Crippen molar-refractivity contribution in [2.24, 2.45) is 0 Å². The maximum Gasteiger partial charge on any atom is 0.261 e. The molecule has 11 rings (SSSR count). The monoisotopic (exact) mass is 973 g/mol. The first kappa shape index (κ1) is 47.6. The molecule has 3 fully saturated rings. The number of hydrogen-bond donors (Lipinski definition) is 1. The zero-order valence-electron chi connectivity index (χ0n) is 37.7. The van der Waals surface area contributed by atoms with Gasteiger partial charge in [-0.15, -0.1) is 35.3 Å². The van der Waals surface area contributed by atoms with Gasteiger partial charge in [-0.2, -0.15) is 0 Å². The molecule has 3 saturated heterocycles. The molecule has 8 nitrogen and oxygen atoms in total. The number of β-lactam (4-membered cyclic amide) rings is 3. The first-order valence-electron chi connectivity index (χ1n) is 22.8. The lowest BCUT2D eigenvalue weighted by Gasteiger charge is -2.45. The second kappa shape index (κ2) is 22.8. The molecule has 0 bridgehead atoms. The number of benzene rings is 8. The van der Waals surface area contributed by atoms with E-state index in [2.05, 4.69) is 17.4 Å². The number of nitrogens with one attached hydrogen (secondary N) is 1. The fourth-order valence-electron chi connectivity index (χ4n) is 8.34. The molecule has 8 aromatic carbocycles. The second-order valence-electron chi connectivity index (χ2n) is 16.4. The summed E-state index contributed by atoms with van der Waals surface area (Å²) in [5, 5.41) is 2.35. The zero-order valence-corrected chi connectivity index (χ0v) is 40.2. The predicted molar refractivity (Wildman–Crippen MR) is 279 cm³/mol. The summed E-state index contributed by atoms with van der Waals surface area (Å²) >= 11 is 4.66. The van der Waals surface area contributed by atoms with Gasteiger partial charge in [-0.05, 0) is 77.4 Å². The SMILES string of the molecule is O=C(c1ccccc1)N1C(=O)[C@@H](Sc2ccccc2)[C@@H]1c1ccccc1.O=C(c1ccccc1)N1C(=O)[C@H](Sc2ccccc2)[C@@H]1c1ccccc1.O=C1N[C@@H](c2ccccc2)[C@@H]1Sc1ccccc1. The third kappa shape index (κ3) is 10.9. The molecule has 3 aliphatic heterocycles. The minimum Gasteiger partial charge on any atom is -0.347 e. The molecule has 0 aromatic heterocycles. The fourth-order valence-corrected chi connectivity index (χ4v) is 11.9. The van der Waals surface area contributed by atoms with Gasteiger partial charge in [0.25, 0.3) is 11.8 Å². The lowest BCUT2D eigenvalue weighted by atomic mass is 9.92. The second-order valence-corrected chi connectivity index (χ2v) is 20.1. The van der Waals surface area contributed by atoms with Gasteiger partial charge in [0.05, 0.1) is 18.1 Å². The molecule has 0 saturated carbocycles. The normalized spacial score (nSPS) is 19.9. The molecule has 346 valence electrons. The maximum absolute atomic E-state index is 12.9. The molecule has 6 atom stereocenters. The van der Waals surface area contributed by atoms with Gasteiger partial charge in [-0.1, -0.05) is 182 Å². The number of amides is 5. The summed E-state index contributed by atoms with van der Waals surface area (Å²) in [6.45, 7) is 0. The van der Waals surface area contributed by atoms with Crippen LogP contribution in [0.15, 0.2) is 257 Å². The third-order valence-corrected chi connectivity index (χ3v) is 15.7. The Hall–Kier alpha value is -7.44. The molecular weight excluding hydrogens is 927 g/mol. The topological polar surface area (TPSA) is 104 Å². The molecule has 3 aliphatic rings. The number of imide groups is 2. The van der Waals surface area contributed by atoms with E-state index < -0.39 is 0 Å². The van der Waals surface area contributed by atoms with E-state index in [9.17, 15) is 24.0 Å². The molecule has 0 aliphatic carbocycles. The van der Waals surface area contributed by atoms with Gasteiger partial charge >= 0.3 is 0 Å². The highest BCUT2D eigenvalue weighted by Crippen LogP contribution is 2.47. The zero-order chi connectivity index (χ0) is 48.2. The lowest BCUT2D eigenvalue weighted by molar-refractivity contribution is -0.141. The maximum atomic E-state index is 12.9. The number of carbonyl (C=O) groups is 5. The van der Waals surface area contributed by atoms with Crippen molar-refractivity contribution in [2.45, 2.75) is 48.6 Å². The van der Waals surface area contributed by atoms with E-state index in [1.54, 1.807) is 36.0 Å². The first-order chi connectivity index (χ1) is 34.4. The van der Waals surface area contributed by atoms with Crippen LogP contribution in [-0.4, -0.2) is 55.1 Å². The number of nitrogens with zero attached hydrogens (tertiary/aromatic N) is 2. The molecule has 5 amide bonds. The number of thioether (sulfide) groups is 3. The summed E-state index contributed by atoms with van der Waals surface area (Å²) < 4.78 is 0. The van der Waals surface area contributed by atoms with Crippen molar-refractivity contribution >= 4 is 64.8 Å². The summed E-state index contributed by atoms with van der Waals surface area (Å²) in [4.78, 5) is 69.2. The highest BCUT2D eigenvalue weighted by molar-refractivity contribution is 8.01. The quantitative estimate of drug-likeness (QED) is 0.101. The van der Waals surface area contributed by atoms with Crippen molar-refractivity contribution in [1.82, 2.24) is 15.1 Å². The Morgan fingerprint density at radius 2 is 0.614 bits per heavy atom. The molecule has 0 radical (unpaired) electrons. The largest absolute Gasteiger partial charge is 0.347 e. The molecule has 11 heteroatoms. The number of carbonyl (C=O) groups excluding carboxylic acids is 5. The van der Waals surface area contributed by atoms with E-state index in [1.165, 1.54) is 38.9 Å². The van der Waals surface area contributed by atoms with Gasteiger partial charge < -0.3 is 5.32 Å². The Morgan fingerprint density at radius 3 is 0.929 bits per heavy atom. The van der Waals surface area contributed by atoms with E-state index in [0.29, 0.717) is 11.1 Å². The molecule has 70 heavy (non-hydrogen) atoms.